The van der Waals surface area contributed by atoms with E-state index in [0.717, 1.165) is 4.70 Å². The van der Waals surface area contributed by atoms with Crippen LogP contribution in [0.2, 0.25) is 0 Å². The minimum Gasteiger partial charge on any atom is -0.477 e. The van der Waals surface area contributed by atoms with E-state index in [1.807, 2.05) is 6.92 Å². The summed E-state index contributed by atoms with van der Waals surface area (Å²) < 4.78 is 11.2. The number of hydrogen-bond donors (Lipinski definition) is 2. The zero-order chi connectivity index (χ0) is 22.5. The fourth-order valence-electron chi connectivity index (χ4n) is 2.91. The van der Waals surface area contributed by atoms with Crippen LogP contribution in [0.25, 0.3) is 21.6 Å². The van der Waals surface area contributed by atoms with Crippen LogP contribution in [0.4, 0.5) is 5.13 Å². The van der Waals surface area contributed by atoms with Gasteiger partial charge >= 0.3 is 0 Å². The molecule has 0 saturated carbocycles. The van der Waals surface area contributed by atoms with Crippen LogP contribution in [0.1, 0.15) is 29.6 Å². The van der Waals surface area contributed by atoms with Crippen LogP contribution in [-0.4, -0.2) is 45.1 Å². The molecule has 0 aliphatic rings. The van der Waals surface area contributed by atoms with Crippen LogP contribution in [0.3, 0.4) is 0 Å². The van der Waals surface area contributed by atoms with Crippen LogP contribution in [0.5, 0.6) is 5.88 Å². The van der Waals surface area contributed by atoms with E-state index in [0.29, 0.717) is 46.0 Å². The molecule has 0 atom stereocenters. The number of rotatable bonds is 8. The van der Waals surface area contributed by atoms with Crippen molar-refractivity contribution >= 4 is 38.5 Å². The first-order chi connectivity index (χ1) is 15.5. The van der Waals surface area contributed by atoms with Crippen LogP contribution in [0.15, 0.2) is 41.1 Å². The molecule has 1 aromatic carbocycles. The molecule has 0 saturated heterocycles. The van der Waals surface area contributed by atoms with E-state index in [4.69, 9.17) is 9.26 Å². The van der Waals surface area contributed by atoms with Crippen LogP contribution in [-0.2, 0) is 4.79 Å². The third-order valence-corrected chi connectivity index (χ3v) is 5.32. The summed E-state index contributed by atoms with van der Waals surface area (Å²) >= 11 is 1.29. The van der Waals surface area contributed by atoms with Crippen molar-refractivity contribution in [2.45, 2.75) is 20.3 Å². The zero-order valence-electron chi connectivity index (χ0n) is 17.4. The third kappa shape index (κ3) is 4.89. The topological polar surface area (TPSA) is 132 Å². The molecule has 0 radical (unpaired) electrons. The molecule has 10 nitrogen and oxygen atoms in total. The molecule has 3 heterocycles. The van der Waals surface area contributed by atoms with Gasteiger partial charge in [0.05, 0.1) is 12.1 Å². The van der Waals surface area contributed by atoms with Gasteiger partial charge in [-0.3, -0.25) is 9.59 Å². The molecule has 0 aliphatic heterocycles. The van der Waals surface area contributed by atoms with Crippen molar-refractivity contribution in [3.63, 3.8) is 0 Å². The maximum absolute atomic E-state index is 12.5. The number of thiazole rings is 1. The Hall–Kier alpha value is -3.86. The maximum Gasteiger partial charge on any atom is 0.251 e. The van der Waals surface area contributed by atoms with E-state index >= 15 is 0 Å². The Morgan fingerprint density at radius 1 is 1.22 bits per heavy atom. The van der Waals surface area contributed by atoms with Gasteiger partial charge in [-0.05, 0) is 25.1 Å². The van der Waals surface area contributed by atoms with Crippen LogP contribution < -0.4 is 15.4 Å². The summed E-state index contributed by atoms with van der Waals surface area (Å²) in [7, 11) is 0. The summed E-state index contributed by atoms with van der Waals surface area (Å²) in [5.41, 5.74) is 1.81. The van der Waals surface area contributed by atoms with E-state index in [-0.39, 0.29) is 24.8 Å². The number of nitrogens with zero attached hydrogens (tertiary/aromatic N) is 4. The van der Waals surface area contributed by atoms with Gasteiger partial charge in [0.25, 0.3) is 5.91 Å². The summed E-state index contributed by atoms with van der Waals surface area (Å²) in [5, 5.41) is 9.80. The molecule has 0 unspecified atom stereocenters. The second-order valence-electron chi connectivity index (χ2n) is 6.69. The predicted octanol–water partition coefficient (Wildman–Crippen LogP) is 3.21. The van der Waals surface area contributed by atoms with Gasteiger partial charge in [0.2, 0.25) is 23.5 Å². The lowest BCUT2D eigenvalue weighted by atomic mass is 10.1. The number of carbonyl (C=O) groups is 2. The summed E-state index contributed by atoms with van der Waals surface area (Å²) in [6, 6.07) is 8.64. The minimum absolute atomic E-state index is 0.0992. The Balaban J connectivity index is 1.32. The number of aromatic nitrogens is 4. The van der Waals surface area contributed by atoms with Crippen molar-refractivity contribution in [3.8, 4) is 17.3 Å². The molecule has 2 N–H and O–H groups in total. The monoisotopic (exact) mass is 452 g/mol. The van der Waals surface area contributed by atoms with Crippen LogP contribution >= 0.6 is 11.3 Å². The normalized spacial score (nSPS) is 10.8. The van der Waals surface area contributed by atoms with Gasteiger partial charge < -0.3 is 19.9 Å². The van der Waals surface area contributed by atoms with E-state index in [9.17, 15) is 9.59 Å². The van der Waals surface area contributed by atoms with Crippen LogP contribution in [0, 0.1) is 6.92 Å². The van der Waals surface area contributed by atoms with Gasteiger partial charge in [-0.1, -0.05) is 28.6 Å². The lowest BCUT2D eigenvalue weighted by molar-refractivity contribution is -0.116. The van der Waals surface area contributed by atoms with E-state index < -0.39 is 0 Å². The van der Waals surface area contributed by atoms with Gasteiger partial charge in [0.1, 0.15) is 4.70 Å². The zero-order valence-corrected chi connectivity index (χ0v) is 18.2. The van der Waals surface area contributed by atoms with Gasteiger partial charge in [0, 0.05) is 37.2 Å². The number of aryl methyl sites for hydroxylation is 1. The minimum atomic E-state index is -0.299. The van der Waals surface area contributed by atoms with Crippen molar-refractivity contribution in [1.29, 1.82) is 0 Å². The number of anilines is 1. The molecule has 4 aromatic rings. The Bertz CT molecular complexity index is 1270. The summed E-state index contributed by atoms with van der Waals surface area (Å²) in [4.78, 5) is 37.5. The molecular formula is C21H20N6O4S. The molecule has 164 valence electrons. The van der Waals surface area contributed by atoms with Crippen molar-refractivity contribution in [1.82, 2.24) is 25.4 Å². The second kappa shape index (κ2) is 9.52. The average molecular weight is 452 g/mol. The van der Waals surface area contributed by atoms with E-state index in [1.54, 1.807) is 43.5 Å². The van der Waals surface area contributed by atoms with Gasteiger partial charge in [0.15, 0.2) is 5.13 Å². The number of pyridine rings is 1. The number of amides is 2. The smallest absolute Gasteiger partial charge is 0.251 e. The Morgan fingerprint density at radius 3 is 2.88 bits per heavy atom. The fourth-order valence-corrected chi connectivity index (χ4v) is 3.83. The van der Waals surface area contributed by atoms with Crippen molar-refractivity contribution < 1.29 is 18.8 Å². The Labute approximate surface area is 187 Å². The lowest BCUT2D eigenvalue weighted by Gasteiger charge is -2.06. The van der Waals surface area contributed by atoms with Gasteiger partial charge in [-0.25, -0.2) is 9.97 Å². The first-order valence-electron chi connectivity index (χ1n) is 9.90. The summed E-state index contributed by atoms with van der Waals surface area (Å²) in [6.07, 6.45) is 1.71. The standard InChI is InChI=1S/C21H20N6O4S/c1-3-30-20-17-15(7-9-23-20)25-21(32-17)26-16(28)8-10-22-19(29)14-6-4-5-13(11-14)18-24-12(2)31-27-18/h4-7,9,11H,3,8,10H2,1-2H3,(H,22,29)(H,25,26,28). The van der Waals surface area contributed by atoms with Crippen molar-refractivity contribution in [3.05, 3.63) is 48.0 Å². The lowest BCUT2D eigenvalue weighted by Crippen LogP contribution is -2.27. The maximum atomic E-state index is 12.5. The number of nitrogens with one attached hydrogen (secondary N) is 2. The molecule has 4 rings (SSSR count). The summed E-state index contributed by atoms with van der Waals surface area (Å²) in [5.74, 6) is 0.793. The van der Waals surface area contributed by atoms with Gasteiger partial charge in [-0.2, -0.15) is 4.98 Å². The Morgan fingerprint density at radius 2 is 2.09 bits per heavy atom. The largest absolute Gasteiger partial charge is 0.477 e. The molecule has 0 aliphatic carbocycles. The second-order valence-corrected chi connectivity index (χ2v) is 7.69. The highest BCUT2D eigenvalue weighted by Crippen LogP contribution is 2.32. The molecule has 32 heavy (non-hydrogen) atoms. The molecule has 0 bridgehead atoms. The highest BCUT2D eigenvalue weighted by Gasteiger charge is 2.14. The number of fused-ring (bicyclic) bond motifs is 1. The predicted molar refractivity (Wildman–Crippen MR) is 119 cm³/mol. The molecule has 0 spiro atoms. The number of ether oxygens (including phenoxy) is 1. The third-order valence-electron chi connectivity index (χ3n) is 4.35. The highest BCUT2D eigenvalue weighted by atomic mass is 32.1. The molecule has 0 fully saturated rings. The van der Waals surface area contributed by atoms with Crippen molar-refractivity contribution in [2.24, 2.45) is 0 Å². The fraction of sp³-hybridized carbons (Fsp3) is 0.238. The quantitative estimate of drug-likeness (QED) is 0.416. The first-order valence-corrected chi connectivity index (χ1v) is 10.7. The van der Waals surface area contributed by atoms with E-state index in [2.05, 4.69) is 30.7 Å². The number of carbonyl (C=O) groups excluding carboxylic acids is 2. The molecule has 11 heteroatoms. The first kappa shape index (κ1) is 21.4. The number of hydrogen-bond acceptors (Lipinski definition) is 9. The summed E-state index contributed by atoms with van der Waals surface area (Å²) in [6.45, 7) is 4.23. The molecular weight excluding hydrogens is 432 g/mol. The SMILES string of the molecule is CCOc1nccc2nc(NC(=O)CCNC(=O)c3cccc(-c4noc(C)n4)c3)sc12. The van der Waals surface area contributed by atoms with Gasteiger partial charge in [-0.15, -0.1) is 0 Å². The molecule has 2 amide bonds. The van der Waals surface area contributed by atoms with E-state index in [1.165, 1.54) is 11.3 Å². The van der Waals surface area contributed by atoms with Crippen molar-refractivity contribution in [2.75, 3.05) is 18.5 Å². The molecule has 3 aromatic heterocycles. The number of benzene rings is 1. The average Bonchev–Trinajstić information content (AvgIpc) is 3.40. The Kier molecular flexibility index (Phi) is 6.36. The highest BCUT2D eigenvalue weighted by molar-refractivity contribution is 7.22.